The number of anilines is 3. The van der Waals surface area contributed by atoms with E-state index in [0.29, 0.717) is 16.8 Å². The first kappa shape index (κ1) is 29.5. The molecule has 0 unspecified atom stereocenters. The van der Waals surface area contributed by atoms with Gasteiger partial charge in [0.1, 0.15) is 5.52 Å². The molecule has 0 atom stereocenters. The minimum atomic E-state index is -3.91. The van der Waals surface area contributed by atoms with Gasteiger partial charge in [0.2, 0.25) is 16.0 Å². The molecule has 0 aliphatic carbocycles. The number of aryl methyl sites for hydroxylation is 1. The third-order valence-corrected chi connectivity index (χ3v) is 6.66. The lowest BCUT2D eigenvalue weighted by atomic mass is 10.1. The Hall–Kier alpha value is -4.04. The van der Waals surface area contributed by atoms with Crippen molar-refractivity contribution in [1.82, 2.24) is 24.9 Å². The second-order valence-corrected chi connectivity index (χ2v) is 9.98. The Bertz CT molecular complexity index is 1550. The Morgan fingerprint density at radius 1 is 1.00 bits per heavy atom. The van der Waals surface area contributed by atoms with Gasteiger partial charge in [-0.15, -0.1) is 0 Å². The van der Waals surface area contributed by atoms with E-state index in [9.17, 15) is 12.8 Å². The van der Waals surface area contributed by atoms with E-state index >= 15 is 4.39 Å². The van der Waals surface area contributed by atoms with Gasteiger partial charge < -0.3 is 16.2 Å². The smallest absolute Gasteiger partial charge is 0.232 e. The molecule has 0 radical (unpaired) electrons. The number of hydrogen-bond donors (Lipinski definition) is 3. The van der Waals surface area contributed by atoms with E-state index in [1.165, 1.54) is 30.5 Å². The molecule has 208 valence electrons. The van der Waals surface area contributed by atoms with Crippen molar-refractivity contribution in [3.8, 4) is 22.6 Å². The summed E-state index contributed by atoms with van der Waals surface area (Å²) in [5.74, 6) is -0.829. The Balaban J connectivity index is 0.000000771. The molecule has 0 aliphatic rings. The summed E-state index contributed by atoms with van der Waals surface area (Å²) < 4.78 is 58.6. The Kier molecular flexibility index (Phi) is 9.95. The summed E-state index contributed by atoms with van der Waals surface area (Å²) in [6.45, 7) is 6.61. The van der Waals surface area contributed by atoms with Crippen LogP contribution in [0, 0.1) is 12.7 Å². The van der Waals surface area contributed by atoms with E-state index in [2.05, 4.69) is 29.6 Å². The standard InChI is InChI=1S/C21H20F2N8O2S.C4H10O/c1-11-13(10-26-21(25)27-11)20-29-16-7-6-14(28-18(16)19(24)30-20)12-4-2-5-15(17(12)23)31-34(32,33)9-3-8-22;1-3-5-4-2/h2,4-7,10,31H,3,8-9H2,1H3,(H2,24,29,30)(H2,25,26,27);3-4H2,1-2H3. The maximum Gasteiger partial charge on any atom is 0.232 e. The molecular formula is C25H30F2N8O3S. The van der Waals surface area contributed by atoms with Gasteiger partial charge in [-0.2, -0.15) is 0 Å². The van der Waals surface area contributed by atoms with Gasteiger partial charge in [0.25, 0.3) is 0 Å². The van der Waals surface area contributed by atoms with Gasteiger partial charge >= 0.3 is 0 Å². The van der Waals surface area contributed by atoms with Crippen LogP contribution in [-0.4, -0.2) is 59.0 Å². The number of nitrogens with two attached hydrogens (primary N) is 2. The van der Waals surface area contributed by atoms with Crippen molar-refractivity contribution >= 4 is 38.5 Å². The highest BCUT2D eigenvalue weighted by atomic mass is 32.2. The summed E-state index contributed by atoms with van der Waals surface area (Å²) in [5.41, 5.74) is 13.5. The minimum Gasteiger partial charge on any atom is -0.382 e. The SMILES string of the molecule is CCOCC.Cc1nc(N)ncc1-c1nc(N)c2nc(-c3cccc(NS(=O)(=O)CCCF)c3F)ccc2n1. The van der Waals surface area contributed by atoms with E-state index in [1.807, 2.05) is 13.8 Å². The summed E-state index contributed by atoms with van der Waals surface area (Å²) in [7, 11) is -3.91. The molecule has 11 nitrogen and oxygen atoms in total. The molecule has 4 rings (SSSR count). The second kappa shape index (κ2) is 13.2. The first-order valence-corrected chi connectivity index (χ1v) is 13.7. The summed E-state index contributed by atoms with van der Waals surface area (Å²) >= 11 is 0. The zero-order valence-corrected chi connectivity index (χ0v) is 22.6. The molecule has 0 amide bonds. The third kappa shape index (κ3) is 7.51. The summed E-state index contributed by atoms with van der Waals surface area (Å²) in [5, 5.41) is 0. The molecule has 0 spiro atoms. The average Bonchev–Trinajstić information content (AvgIpc) is 2.89. The van der Waals surface area contributed by atoms with Gasteiger partial charge in [-0.3, -0.25) is 9.11 Å². The lowest BCUT2D eigenvalue weighted by molar-refractivity contribution is 0.162. The molecule has 4 aromatic rings. The quantitative estimate of drug-likeness (QED) is 0.272. The molecule has 0 saturated heterocycles. The topological polar surface area (TPSA) is 172 Å². The molecule has 3 heterocycles. The number of fused-ring (bicyclic) bond motifs is 1. The van der Waals surface area contributed by atoms with Gasteiger partial charge in [0.05, 0.1) is 40.6 Å². The molecule has 0 saturated carbocycles. The molecule has 14 heteroatoms. The molecule has 0 bridgehead atoms. The van der Waals surface area contributed by atoms with Crippen LogP contribution in [0.25, 0.3) is 33.7 Å². The Morgan fingerprint density at radius 2 is 1.74 bits per heavy atom. The number of nitrogens with zero attached hydrogens (tertiary/aromatic N) is 5. The highest BCUT2D eigenvalue weighted by Gasteiger charge is 2.18. The van der Waals surface area contributed by atoms with Crippen molar-refractivity contribution in [2.24, 2.45) is 0 Å². The molecule has 0 fully saturated rings. The summed E-state index contributed by atoms with van der Waals surface area (Å²) in [4.78, 5) is 21.2. The first-order chi connectivity index (χ1) is 18.6. The molecular weight excluding hydrogens is 530 g/mol. The van der Waals surface area contributed by atoms with Gasteiger partial charge in [0, 0.05) is 25.0 Å². The van der Waals surface area contributed by atoms with Crippen LogP contribution in [0.15, 0.2) is 36.5 Å². The lowest BCUT2D eigenvalue weighted by Gasteiger charge is -2.12. The molecule has 1 aromatic carbocycles. The fraction of sp³-hybridized carbons (Fsp3) is 0.320. The third-order valence-electron chi connectivity index (χ3n) is 5.30. The van der Waals surface area contributed by atoms with Gasteiger partial charge in [-0.05, 0) is 51.5 Å². The van der Waals surface area contributed by atoms with Gasteiger partial charge in [0.15, 0.2) is 17.5 Å². The second-order valence-electron chi connectivity index (χ2n) is 8.14. The van der Waals surface area contributed by atoms with Crippen LogP contribution in [0.4, 0.5) is 26.2 Å². The summed E-state index contributed by atoms with van der Waals surface area (Å²) in [6.07, 6.45) is 1.31. The summed E-state index contributed by atoms with van der Waals surface area (Å²) in [6, 6.07) is 7.33. The fourth-order valence-corrected chi connectivity index (χ4v) is 4.57. The van der Waals surface area contributed by atoms with Crippen LogP contribution < -0.4 is 16.2 Å². The maximum atomic E-state index is 15.1. The molecule has 5 N–H and O–H groups in total. The van der Waals surface area contributed by atoms with Crippen molar-refractivity contribution < 1.29 is 21.9 Å². The number of sulfonamides is 1. The Morgan fingerprint density at radius 3 is 2.38 bits per heavy atom. The number of aromatic nitrogens is 5. The van der Waals surface area contributed by atoms with Crippen molar-refractivity contribution in [2.45, 2.75) is 27.2 Å². The molecule has 0 aliphatic heterocycles. The lowest BCUT2D eigenvalue weighted by Crippen LogP contribution is -2.18. The van der Waals surface area contributed by atoms with Crippen molar-refractivity contribution in [2.75, 3.05) is 41.8 Å². The molecule has 39 heavy (non-hydrogen) atoms. The van der Waals surface area contributed by atoms with Crippen molar-refractivity contribution in [3.05, 3.63) is 48.0 Å². The number of nitrogen functional groups attached to an aromatic ring is 2. The van der Waals surface area contributed by atoms with Crippen LogP contribution in [0.2, 0.25) is 0 Å². The number of halogens is 2. The van der Waals surface area contributed by atoms with Crippen molar-refractivity contribution in [3.63, 3.8) is 0 Å². The zero-order valence-electron chi connectivity index (χ0n) is 21.8. The van der Waals surface area contributed by atoms with Crippen LogP contribution in [0.1, 0.15) is 26.0 Å². The minimum absolute atomic E-state index is 0.0406. The zero-order chi connectivity index (χ0) is 28.6. The monoisotopic (exact) mass is 560 g/mol. The number of rotatable bonds is 9. The number of ether oxygens (including phenoxy) is 1. The largest absolute Gasteiger partial charge is 0.382 e. The molecule has 3 aromatic heterocycles. The van der Waals surface area contributed by atoms with Crippen molar-refractivity contribution in [1.29, 1.82) is 0 Å². The highest BCUT2D eigenvalue weighted by molar-refractivity contribution is 7.92. The first-order valence-electron chi connectivity index (χ1n) is 12.1. The van der Waals surface area contributed by atoms with Crippen LogP contribution in [0.3, 0.4) is 0 Å². The van der Waals surface area contributed by atoms with Crippen LogP contribution >= 0.6 is 0 Å². The predicted octanol–water partition coefficient (Wildman–Crippen LogP) is 3.90. The normalized spacial score (nSPS) is 11.2. The van der Waals surface area contributed by atoms with E-state index in [0.717, 1.165) is 13.2 Å². The fourth-order valence-electron chi connectivity index (χ4n) is 3.49. The van der Waals surface area contributed by atoms with Gasteiger partial charge in [-0.25, -0.2) is 37.7 Å². The number of pyridine rings is 1. The van der Waals surface area contributed by atoms with Gasteiger partial charge in [-0.1, -0.05) is 6.07 Å². The highest BCUT2D eigenvalue weighted by Crippen LogP contribution is 2.30. The van der Waals surface area contributed by atoms with Crippen LogP contribution in [-0.2, 0) is 14.8 Å². The number of hydrogen-bond acceptors (Lipinski definition) is 10. The maximum absolute atomic E-state index is 15.1. The van der Waals surface area contributed by atoms with E-state index < -0.39 is 28.3 Å². The number of alkyl halides is 1. The van der Waals surface area contributed by atoms with E-state index in [-0.39, 0.29) is 46.5 Å². The van der Waals surface area contributed by atoms with E-state index in [4.69, 9.17) is 16.2 Å². The number of benzene rings is 1. The number of nitrogens with one attached hydrogen (secondary N) is 1. The average molecular weight is 561 g/mol. The van der Waals surface area contributed by atoms with E-state index in [1.54, 1.807) is 13.0 Å². The Labute approximate surface area is 225 Å². The van der Waals surface area contributed by atoms with Crippen LogP contribution in [0.5, 0.6) is 0 Å². The predicted molar refractivity (Wildman–Crippen MR) is 147 cm³/mol.